The number of fused-ring (bicyclic) bond motifs is 1. The zero-order chi connectivity index (χ0) is 21.3. The SMILES string of the molecule is CCc1nc2scc(-c3cccs3)c2c(=O)n1C(CCc1ccc(C)cc1)C(=O)O. The number of carboxylic acid groups (broad SMARTS) is 1. The molecule has 0 saturated heterocycles. The number of thiophene rings is 2. The highest BCUT2D eigenvalue weighted by molar-refractivity contribution is 7.18. The summed E-state index contributed by atoms with van der Waals surface area (Å²) in [4.78, 5) is 32.1. The zero-order valence-electron chi connectivity index (χ0n) is 16.8. The molecule has 0 aliphatic carbocycles. The van der Waals surface area contributed by atoms with E-state index < -0.39 is 12.0 Å². The predicted molar refractivity (Wildman–Crippen MR) is 123 cm³/mol. The highest BCUT2D eigenvalue weighted by Gasteiger charge is 2.26. The molecule has 1 atom stereocenters. The Morgan fingerprint density at radius 1 is 1.20 bits per heavy atom. The second-order valence-corrected chi connectivity index (χ2v) is 9.05. The van der Waals surface area contributed by atoms with Crippen molar-refractivity contribution < 1.29 is 9.90 Å². The minimum atomic E-state index is -1.01. The first-order valence-electron chi connectivity index (χ1n) is 9.84. The molecule has 30 heavy (non-hydrogen) atoms. The molecule has 4 rings (SSSR count). The molecule has 1 unspecified atom stereocenters. The topological polar surface area (TPSA) is 72.2 Å². The summed E-state index contributed by atoms with van der Waals surface area (Å²) >= 11 is 2.99. The molecule has 3 heterocycles. The third kappa shape index (κ3) is 3.82. The maximum atomic E-state index is 13.6. The average Bonchev–Trinajstić information content (AvgIpc) is 3.40. The van der Waals surface area contributed by atoms with Crippen LogP contribution in [0.1, 0.15) is 36.3 Å². The van der Waals surface area contributed by atoms with Crippen molar-refractivity contribution in [1.82, 2.24) is 9.55 Å². The highest BCUT2D eigenvalue weighted by Crippen LogP contribution is 2.34. The standard InChI is InChI=1S/C23H22N2O3S2/c1-3-19-24-21-20(16(13-30-21)18-5-4-12-29-18)22(26)25(19)17(23(27)28)11-10-15-8-6-14(2)7-9-15/h4-9,12-13,17H,3,10-11H2,1-2H3,(H,27,28). The van der Waals surface area contributed by atoms with Crippen LogP contribution in [-0.4, -0.2) is 20.6 Å². The number of aliphatic carboxylic acids is 1. The van der Waals surface area contributed by atoms with Gasteiger partial charge in [-0.3, -0.25) is 9.36 Å². The van der Waals surface area contributed by atoms with Gasteiger partial charge in [0.05, 0.1) is 5.39 Å². The monoisotopic (exact) mass is 438 g/mol. The van der Waals surface area contributed by atoms with E-state index in [-0.39, 0.29) is 5.56 Å². The first kappa shape index (κ1) is 20.5. The van der Waals surface area contributed by atoms with Crippen molar-refractivity contribution in [3.8, 4) is 10.4 Å². The Bertz CT molecular complexity index is 1240. The number of hydrogen-bond acceptors (Lipinski definition) is 5. The molecule has 0 radical (unpaired) electrons. The Morgan fingerprint density at radius 3 is 2.60 bits per heavy atom. The third-order valence-electron chi connectivity index (χ3n) is 5.24. The van der Waals surface area contributed by atoms with Gasteiger partial charge in [-0.1, -0.05) is 42.8 Å². The van der Waals surface area contributed by atoms with Crippen molar-refractivity contribution in [2.24, 2.45) is 0 Å². The summed E-state index contributed by atoms with van der Waals surface area (Å²) in [6.07, 6.45) is 1.40. The molecular weight excluding hydrogens is 416 g/mol. The van der Waals surface area contributed by atoms with Gasteiger partial charge in [0.15, 0.2) is 0 Å². The number of benzene rings is 1. The molecule has 1 aromatic carbocycles. The fourth-order valence-electron chi connectivity index (χ4n) is 3.65. The summed E-state index contributed by atoms with van der Waals surface area (Å²) in [5.74, 6) is -0.489. The Balaban J connectivity index is 1.80. The van der Waals surface area contributed by atoms with Crippen molar-refractivity contribution in [3.63, 3.8) is 0 Å². The van der Waals surface area contributed by atoms with Crippen LogP contribution in [0.3, 0.4) is 0 Å². The minimum Gasteiger partial charge on any atom is -0.480 e. The molecule has 0 aliphatic rings. The summed E-state index contributed by atoms with van der Waals surface area (Å²) < 4.78 is 1.41. The van der Waals surface area contributed by atoms with E-state index in [1.165, 1.54) is 15.9 Å². The zero-order valence-corrected chi connectivity index (χ0v) is 18.4. The van der Waals surface area contributed by atoms with E-state index in [0.717, 1.165) is 21.6 Å². The molecule has 4 aromatic rings. The molecule has 3 aromatic heterocycles. The number of nitrogens with zero attached hydrogens (tertiary/aromatic N) is 2. The lowest BCUT2D eigenvalue weighted by Crippen LogP contribution is -2.33. The smallest absolute Gasteiger partial charge is 0.326 e. The lowest BCUT2D eigenvalue weighted by molar-refractivity contribution is -0.141. The van der Waals surface area contributed by atoms with Crippen molar-refractivity contribution in [2.45, 2.75) is 39.2 Å². The molecule has 0 spiro atoms. The van der Waals surface area contributed by atoms with E-state index in [2.05, 4.69) is 4.98 Å². The van der Waals surface area contributed by atoms with Crippen LogP contribution in [-0.2, 0) is 17.6 Å². The molecule has 0 saturated carbocycles. The number of aryl methyl sites for hydroxylation is 3. The maximum Gasteiger partial charge on any atom is 0.326 e. The van der Waals surface area contributed by atoms with Gasteiger partial charge in [0.1, 0.15) is 16.7 Å². The van der Waals surface area contributed by atoms with Gasteiger partial charge in [0.2, 0.25) is 0 Å². The highest BCUT2D eigenvalue weighted by atomic mass is 32.1. The molecule has 1 N–H and O–H groups in total. The van der Waals surface area contributed by atoms with Crippen LogP contribution in [0.25, 0.3) is 20.7 Å². The molecule has 5 nitrogen and oxygen atoms in total. The first-order valence-corrected chi connectivity index (χ1v) is 11.6. The summed E-state index contributed by atoms with van der Waals surface area (Å²) in [6, 6.07) is 11.0. The van der Waals surface area contributed by atoms with Crippen molar-refractivity contribution >= 4 is 38.9 Å². The summed E-state index contributed by atoms with van der Waals surface area (Å²) in [5.41, 5.74) is 2.78. The Morgan fingerprint density at radius 2 is 1.97 bits per heavy atom. The largest absolute Gasteiger partial charge is 0.480 e. The van der Waals surface area contributed by atoms with Crippen molar-refractivity contribution in [1.29, 1.82) is 0 Å². The molecule has 0 aliphatic heterocycles. The van der Waals surface area contributed by atoms with Crippen LogP contribution in [0.2, 0.25) is 0 Å². The summed E-state index contributed by atoms with van der Waals surface area (Å²) in [5, 5.41) is 14.4. The Labute approximate surface area is 182 Å². The fraction of sp³-hybridized carbons (Fsp3) is 0.261. The van der Waals surface area contributed by atoms with Crippen molar-refractivity contribution in [3.05, 3.63) is 74.5 Å². The lowest BCUT2D eigenvalue weighted by Gasteiger charge is -2.19. The third-order valence-corrected chi connectivity index (χ3v) is 7.01. The maximum absolute atomic E-state index is 13.6. The number of carboxylic acids is 1. The van der Waals surface area contributed by atoms with E-state index in [9.17, 15) is 14.7 Å². The van der Waals surface area contributed by atoms with Crippen LogP contribution in [0.15, 0.2) is 52.0 Å². The quantitative estimate of drug-likeness (QED) is 0.424. The van der Waals surface area contributed by atoms with Gasteiger partial charge in [0.25, 0.3) is 5.56 Å². The van der Waals surface area contributed by atoms with Gasteiger partial charge in [0, 0.05) is 22.2 Å². The number of rotatable bonds is 7. The van der Waals surface area contributed by atoms with Gasteiger partial charge >= 0.3 is 5.97 Å². The lowest BCUT2D eigenvalue weighted by atomic mass is 10.0. The molecule has 0 bridgehead atoms. The molecule has 0 amide bonds. The van der Waals surface area contributed by atoms with Crippen LogP contribution in [0.5, 0.6) is 0 Å². The summed E-state index contributed by atoms with van der Waals surface area (Å²) in [6.45, 7) is 3.92. The van der Waals surface area contributed by atoms with E-state index >= 15 is 0 Å². The number of carbonyl (C=O) groups is 1. The van der Waals surface area contributed by atoms with Gasteiger partial charge in [-0.15, -0.1) is 22.7 Å². The minimum absolute atomic E-state index is 0.266. The first-order chi connectivity index (χ1) is 14.5. The molecule has 154 valence electrons. The van der Waals surface area contributed by atoms with E-state index in [4.69, 9.17) is 0 Å². The van der Waals surface area contributed by atoms with Crippen LogP contribution in [0, 0.1) is 6.92 Å². The van der Waals surface area contributed by atoms with Crippen molar-refractivity contribution in [2.75, 3.05) is 0 Å². The normalized spacial score (nSPS) is 12.3. The number of aromatic nitrogens is 2. The van der Waals surface area contributed by atoms with E-state index in [1.54, 1.807) is 11.3 Å². The Hall–Kier alpha value is -2.77. The average molecular weight is 439 g/mol. The van der Waals surface area contributed by atoms with Gasteiger partial charge in [-0.25, -0.2) is 9.78 Å². The fourth-order valence-corrected chi connectivity index (χ4v) is 5.42. The van der Waals surface area contributed by atoms with Crippen LogP contribution >= 0.6 is 22.7 Å². The van der Waals surface area contributed by atoms with Crippen LogP contribution in [0.4, 0.5) is 0 Å². The van der Waals surface area contributed by atoms with Crippen LogP contribution < -0.4 is 5.56 Å². The number of hydrogen-bond donors (Lipinski definition) is 1. The second kappa shape index (κ2) is 8.53. The summed E-state index contributed by atoms with van der Waals surface area (Å²) in [7, 11) is 0. The molecule has 7 heteroatoms. The van der Waals surface area contributed by atoms with E-state index in [1.807, 2.05) is 61.0 Å². The van der Waals surface area contributed by atoms with E-state index in [0.29, 0.717) is 35.3 Å². The van der Waals surface area contributed by atoms with Gasteiger partial charge < -0.3 is 5.11 Å². The Kier molecular flexibility index (Phi) is 5.83. The predicted octanol–water partition coefficient (Wildman–Crippen LogP) is 5.32. The van der Waals surface area contributed by atoms with Gasteiger partial charge in [-0.05, 0) is 36.8 Å². The molecule has 0 fully saturated rings. The second-order valence-electron chi connectivity index (χ2n) is 7.24. The molecular formula is C23H22N2O3S2. The van der Waals surface area contributed by atoms with Gasteiger partial charge in [-0.2, -0.15) is 0 Å².